The molecule has 0 amide bonds. The molecule has 112 valence electrons. The Morgan fingerprint density at radius 2 is 1.62 bits per heavy atom. The number of nitrogen functional groups attached to an aromatic ring is 1. The second kappa shape index (κ2) is 5.37. The van der Waals surface area contributed by atoms with E-state index in [0.717, 1.165) is 9.87 Å². The first-order valence-electron chi connectivity index (χ1n) is 6.35. The molecular weight excluding hydrogens is 291 g/mol. The third-order valence-corrected chi connectivity index (χ3v) is 5.51. The van der Waals surface area contributed by atoms with E-state index in [-0.39, 0.29) is 10.6 Å². The van der Waals surface area contributed by atoms with Crippen LogP contribution in [0.5, 0.6) is 0 Å². The Kier molecular flexibility index (Phi) is 3.91. The van der Waals surface area contributed by atoms with Crippen molar-refractivity contribution in [2.24, 2.45) is 0 Å². The summed E-state index contributed by atoms with van der Waals surface area (Å²) in [5.74, 6) is -0.421. The number of nitrogens with zero attached hydrogens (tertiary/aromatic N) is 1. The number of sulfonamides is 1. The van der Waals surface area contributed by atoms with Gasteiger partial charge in [-0.1, -0.05) is 6.07 Å². The Morgan fingerprint density at radius 3 is 2.19 bits per heavy atom. The Balaban J connectivity index is 2.57. The molecule has 0 atom stereocenters. The summed E-state index contributed by atoms with van der Waals surface area (Å²) in [5.41, 5.74) is 7.88. The number of hydrogen-bond acceptors (Lipinski definition) is 3. The lowest BCUT2D eigenvalue weighted by Crippen LogP contribution is -2.28. The van der Waals surface area contributed by atoms with Crippen LogP contribution in [0.25, 0.3) is 0 Å². The zero-order valence-corrected chi connectivity index (χ0v) is 12.9. The molecule has 0 aliphatic heterocycles. The molecule has 0 radical (unpaired) electrons. The monoisotopic (exact) mass is 308 g/mol. The summed E-state index contributed by atoms with van der Waals surface area (Å²) >= 11 is 0. The van der Waals surface area contributed by atoms with Gasteiger partial charge in [-0.3, -0.25) is 4.31 Å². The van der Waals surface area contributed by atoms with Crippen LogP contribution in [0.15, 0.2) is 41.3 Å². The fourth-order valence-electron chi connectivity index (χ4n) is 2.08. The summed E-state index contributed by atoms with van der Waals surface area (Å²) < 4.78 is 39.6. The van der Waals surface area contributed by atoms with Gasteiger partial charge in [0.05, 0.1) is 11.4 Å². The van der Waals surface area contributed by atoms with Crippen molar-refractivity contribution < 1.29 is 12.8 Å². The zero-order valence-electron chi connectivity index (χ0n) is 12.1. The van der Waals surface area contributed by atoms with Gasteiger partial charge in [0.15, 0.2) is 0 Å². The van der Waals surface area contributed by atoms with E-state index < -0.39 is 15.8 Å². The summed E-state index contributed by atoms with van der Waals surface area (Å²) in [6, 6.07) is 8.61. The Bertz CT molecular complexity index is 771. The first kappa shape index (κ1) is 15.3. The van der Waals surface area contributed by atoms with Crippen molar-refractivity contribution >= 4 is 21.4 Å². The van der Waals surface area contributed by atoms with Gasteiger partial charge in [-0.25, -0.2) is 12.8 Å². The maximum atomic E-state index is 13.0. The predicted octanol–water partition coefficient (Wildman–Crippen LogP) is 2.85. The van der Waals surface area contributed by atoms with E-state index >= 15 is 0 Å². The van der Waals surface area contributed by atoms with E-state index in [1.807, 2.05) is 6.92 Å². The summed E-state index contributed by atoms with van der Waals surface area (Å²) in [5, 5.41) is 0. The molecule has 0 unspecified atom stereocenters. The molecule has 4 nitrogen and oxygen atoms in total. The number of halogens is 1. The van der Waals surface area contributed by atoms with Crippen LogP contribution in [0.1, 0.15) is 11.1 Å². The van der Waals surface area contributed by atoms with Crippen LogP contribution in [-0.4, -0.2) is 15.5 Å². The summed E-state index contributed by atoms with van der Waals surface area (Å²) in [6.45, 7) is 3.54. The van der Waals surface area contributed by atoms with E-state index in [1.54, 1.807) is 19.1 Å². The second-order valence-corrected chi connectivity index (χ2v) is 6.78. The van der Waals surface area contributed by atoms with Crippen molar-refractivity contribution in [3.05, 3.63) is 53.3 Å². The maximum Gasteiger partial charge on any atom is 0.266 e. The maximum absolute atomic E-state index is 13.0. The predicted molar refractivity (Wildman–Crippen MR) is 82.3 cm³/mol. The molecule has 0 spiro atoms. The molecule has 21 heavy (non-hydrogen) atoms. The molecule has 0 heterocycles. The molecule has 2 aromatic carbocycles. The van der Waals surface area contributed by atoms with Gasteiger partial charge in [-0.2, -0.15) is 0 Å². The fourth-order valence-corrected chi connectivity index (χ4v) is 3.67. The third-order valence-electron chi connectivity index (χ3n) is 3.52. The average molecular weight is 308 g/mol. The highest BCUT2D eigenvalue weighted by atomic mass is 32.2. The Labute approximate surface area is 124 Å². The summed E-state index contributed by atoms with van der Waals surface area (Å²) in [6.07, 6.45) is 0. The van der Waals surface area contributed by atoms with Crippen LogP contribution in [-0.2, 0) is 10.0 Å². The van der Waals surface area contributed by atoms with Crippen LogP contribution in [0, 0.1) is 19.7 Å². The lowest BCUT2D eigenvalue weighted by atomic mass is 10.1. The normalized spacial score (nSPS) is 11.4. The molecule has 0 aliphatic carbocycles. The molecule has 0 aromatic heterocycles. The van der Waals surface area contributed by atoms with Gasteiger partial charge < -0.3 is 5.73 Å². The van der Waals surface area contributed by atoms with Gasteiger partial charge in [-0.05, 0) is 55.3 Å². The Morgan fingerprint density at radius 1 is 1.05 bits per heavy atom. The standard InChI is InChI=1S/C15H17FN2O2S/c1-10-4-9-14(17)15(11(10)2)21(19,20)18(3)13-7-5-12(16)6-8-13/h4-9H,17H2,1-3H3. The molecule has 2 rings (SSSR count). The van der Waals surface area contributed by atoms with Crippen LogP contribution >= 0.6 is 0 Å². The van der Waals surface area contributed by atoms with Crippen LogP contribution in [0.2, 0.25) is 0 Å². The second-order valence-electron chi connectivity index (χ2n) is 4.87. The fraction of sp³-hybridized carbons (Fsp3) is 0.200. The van der Waals surface area contributed by atoms with E-state index in [4.69, 9.17) is 5.73 Å². The number of nitrogens with two attached hydrogens (primary N) is 1. The third kappa shape index (κ3) is 2.71. The van der Waals surface area contributed by atoms with Gasteiger partial charge >= 0.3 is 0 Å². The van der Waals surface area contributed by atoms with Crippen LogP contribution in [0.4, 0.5) is 15.8 Å². The van der Waals surface area contributed by atoms with Crippen molar-refractivity contribution in [2.75, 3.05) is 17.1 Å². The molecule has 2 aromatic rings. The smallest absolute Gasteiger partial charge is 0.266 e. The molecule has 0 saturated carbocycles. The van der Waals surface area contributed by atoms with E-state index in [0.29, 0.717) is 11.3 Å². The van der Waals surface area contributed by atoms with Gasteiger partial charge in [0.1, 0.15) is 10.7 Å². The topological polar surface area (TPSA) is 63.4 Å². The van der Waals surface area contributed by atoms with Gasteiger partial charge in [0.2, 0.25) is 0 Å². The molecule has 0 saturated heterocycles. The minimum atomic E-state index is -3.80. The minimum absolute atomic E-state index is 0.0920. The highest BCUT2D eigenvalue weighted by molar-refractivity contribution is 7.93. The quantitative estimate of drug-likeness (QED) is 0.887. The highest BCUT2D eigenvalue weighted by Crippen LogP contribution is 2.30. The number of anilines is 2. The van der Waals surface area contributed by atoms with Gasteiger partial charge in [0, 0.05) is 7.05 Å². The molecule has 0 fully saturated rings. The molecule has 0 aliphatic rings. The first-order valence-corrected chi connectivity index (χ1v) is 7.79. The van der Waals surface area contributed by atoms with Crippen molar-refractivity contribution in [3.63, 3.8) is 0 Å². The SMILES string of the molecule is Cc1ccc(N)c(S(=O)(=O)N(C)c2ccc(F)cc2)c1C. The van der Waals surface area contributed by atoms with E-state index in [2.05, 4.69) is 0 Å². The summed E-state index contributed by atoms with van der Waals surface area (Å²) in [4.78, 5) is 0.0920. The highest BCUT2D eigenvalue weighted by Gasteiger charge is 2.26. The Hall–Kier alpha value is -2.08. The number of rotatable bonds is 3. The molecule has 2 N–H and O–H groups in total. The van der Waals surface area contributed by atoms with Crippen molar-refractivity contribution in [1.29, 1.82) is 0 Å². The molecule has 6 heteroatoms. The number of aryl methyl sites for hydroxylation is 1. The van der Waals surface area contributed by atoms with Crippen molar-refractivity contribution in [1.82, 2.24) is 0 Å². The first-order chi connectivity index (χ1) is 9.75. The van der Waals surface area contributed by atoms with Crippen molar-refractivity contribution in [3.8, 4) is 0 Å². The lowest BCUT2D eigenvalue weighted by molar-refractivity contribution is 0.593. The van der Waals surface area contributed by atoms with Crippen LogP contribution < -0.4 is 10.0 Å². The van der Waals surface area contributed by atoms with Gasteiger partial charge in [0.25, 0.3) is 10.0 Å². The molecular formula is C15H17FN2O2S. The largest absolute Gasteiger partial charge is 0.398 e. The minimum Gasteiger partial charge on any atom is -0.398 e. The summed E-state index contributed by atoms with van der Waals surface area (Å²) in [7, 11) is -2.38. The molecule has 0 bridgehead atoms. The zero-order chi connectivity index (χ0) is 15.8. The number of hydrogen-bond donors (Lipinski definition) is 1. The van der Waals surface area contributed by atoms with Crippen molar-refractivity contribution in [2.45, 2.75) is 18.7 Å². The van der Waals surface area contributed by atoms with Crippen LogP contribution in [0.3, 0.4) is 0 Å². The van der Waals surface area contributed by atoms with E-state index in [1.165, 1.54) is 31.3 Å². The number of benzene rings is 2. The lowest BCUT2D eigenvalue weighted by Gasteiger charge is -2.22. The van der Waals surface area contributed by atoms with Gasteiger partial charge in [-0.15, -0.1) is 0 Å². The van der Waals surface area contributed by atoms with E-state index in [9.17, 15) is 12.8 Å². The average Bonchev–Trinajstić information content (AvgIpc) is 2.43.